The van der Waals surface area contributed by atoms with Gasteiger partial charge >= 0.3 is 0 Å². The zero-order chi connectivity index (χ0) is 9.72. The zero-order valence-electron chi connectivity index (χ0n) is 5.54. The van der Waals surface area contributed by atoms with Crippen LogP contribution in [0, 0.1) is 0 Å². The smallest absolute Gasteiger partial charge is 0.0829 e. The van der Waals surface area contributed by atoms with E-state index in [0.717, 1.165) is 12.2 Å². The molecule has 0 heterocycles. The number of hydrogen-bond donors (Lipinski definition) is 0. The van der Waals surface area contributed by atoms with E-state index in [0.29, 0.717) is 0 Å². The van der Waals surface area contributed by atoms with Crippen molar-refractivity contribution in [2.75, 3.05) is 0 Å². The quantitative estimate of drug-likeness (QED) is 0.428. The first-order valence-electron chi connectivity index (χ1n) is 2.61. The van der Waals surface area contributed by atoms with Crippen LogP contribution in [-0.2, 0) is 9.59 Å². The zero-order valence-corrected chi connectivity index (χ0v) is 7.06. The molecule has 0 saturated carbocycles. The van der Waals surface area contributed by atoms with Gasteiger partial charge in [0.2, 0.25) is 0 Å². The average Bonchev–Trinajstić information content (AvgIpc) is 1.98. The summed E-state index contributed by atoms with van der Waals surface area (Å²) in [5.74, 6) is -3.23. The third-order valence-corrected chi connectivity index (χ3v) is 1.33. The summed E-state index contributed by atoms with van der Waals surface area (Å²) >= 11 is 10.1. The van der Waals surface area contributed by atoms with Gasteiger partial charge < -0.3 is 19.8 Å². The molecule has 0 aliphatic carbocycles. The maximum Gasteiger partial charge on any atom is 0.0829 e. The van der Waals surface area contributed by atoms with Crippen LogP contribution < -0.4 is 10.2 Å². The maximum atomic E-state index is 9.93. The lowest BCUT2D eigenvalue weighted by atomic mass is 10.4. The molecule has 0 N–H and O–H groups in total. The first-order valence-corrected chi connectivity index (χ1v) is 3.36. The molecule has 0 rings (SSSR count). The van der Waals surface area contributed by atoms with Crippen LogP contribution in [0.4, 0.5) is 0 Å². The Labute approximate surface area is 77.7 Å². The molecular weight excluding hydrogens is 207 g/mol. The number of carboxylic acids is 2. The Kier molecular flexibility index (Phi) is 4.39. The second-order valence-electron chi connectivity index (χ2n) is 1.60. The van der Waals surface area contributed by atoms with Crippen LogP contribution in [0.1, 0.15) is 0 Å². The summed E-state index contributed by atoms with van der Waals surface area (Å²) in [5.41, 5.74) is 0. The molecule has 12 heavy (non-hydrogen) atoms. The topological polar surface area (TPSA) is 80.3 Å². The standard InChI is InChI=1S/C6H4Cl2O4/c7-3(5(9)10)1-2-4(8)6(11)12/h1-2H,(H,9,10)(H,11,12)/p-2/b3-1-,4-2-. The molecule has 0 unspecified atom stereocenters. The summed E-state index contributed by atoms with van der Waals surface area (Å²) < 4.78 is 0. The molecule has 0 aromatic carbocycles. The molecule has 0 bridgehead atoms. The Morgan fingerprint density at radius 3 is 1.33 bits per heavy atom. The first-order chi connectivity index (χ1) is 5.45. The summed E-state index contributed by atoms with van der Waals surface area (Å²) in [6, 6.07) is 0. The average molecular weight is 209 g/mol. The minimum atomic E-state index is -1.62. The molecule has 0 amide bonds. The molecule has 0 atom stereocenters. The predicted molar refractivity (Wildman–Crippen MR) is 37.9 cm³/mol. The molecule has 6 heteroatoms. The number of carbonyl (C=O) groups is 2. The van der Waals surface area contributed by atoms with Gasteiger partial charge in [-0.2, -0.15) is 0 Å². The van der Waals surface area contributed by atoms with Crippen LogP contribution in [0.5, 0.6) is 0 Å². The summed E-state index contributed by atoms with van der Waals surface area (Å²) in [4.78, 5) is 19.9. The van der Waals surface area contributed by atoms with Crippen molar-refractivity contribution in [1.82, 2.24) is 0 Å². The van der Waals surface area contributed by atoms with Crippen molar-refractivity contribution in [1.29, 1.82) is 0 Å². The highest BCUT2D eigenvalue weighted by Crippen LogP contribution is 2.04. The molecular formula is C6H2Cl2O4-2. The summed E-state index contributed by atoms with van der Waals surface area (Å²) in [5, 5.41) is 18.6. The van der Waals surface area contributed by atoms with Gasteiger partial charge in [-0.3, -0.25) is 0 Å². The summed E-state index contributed by atoms with van der Waals surface area (Å²) in [6.45, 7) is 0. The van der Waals surface area contributed by atoms with Crippen molar-refractivity contribution in [3.8, 4) is 0 Å². The normalized spacial score (nSPS) is 12.8. The Balaban J connectivity index is 4.48. The molecule has 0 aliphatic rings. The van der Waals surface area contributed by atoms with Crippen LogP contribution in [0.15, 0.2) is 22.2 Å². The fraction of sp³-hybridized carbons (Fsp3) is 0. The maximum absolute atomic E-state index is 9.93. The highest BCUT2D eigenvalue weighted by molar-refractivity contribution is 6.42. The summed E-state index contributed by atoms with van der Waals surface area (Å²) in [6.07, 6.45) is 1.57. The minimum Gasteiger partial charge on any atom is -0.544 e. The molecule has 0 aromatic rings. The van der Waals surface area contributed by atoms with E-state index in [1.807, 2.05) is 0 Å². The van der Waals surface area contributed by atoms with Gasteiger partial charge in [0.25, 0.3) is 0 Å². The highest BCUT2D eigenvalue weighted by atomic mass is 35.5. The van der Waals surface area contributed by atoms with Crippen LogP contribution >= 0.6 is 23.2 Å². The SMILES string of the molecule is O=C([O-])/C(Cl)=C/C=C(\Cl)C(=O)[O-]. The van der Waals surface area contributed by atoms with Gasteiger partial charge in [-0.1, -0.05) is 23.2 Å². The van der Waals surface area contributed by atoms with Gasteiger partial charge in [0.05, 0.1) is 22.0 Å². The lowest BCUT2D eigenvalue weighted by Gasteiger charge is -1.98. The number of rotatable bonds is 3. The molecule has 66 valence electrons. The molecule has 0 saturated heterocycles. The molecule has 0 aliphatic heterocycles. The van der Waals surface area contributed by atoms with Gasteiger partial charge in [0, 0.05) is 0 Å². The van der Waals surface area contributed by atoms with Crippen LogP contribution in [0.25, 0.3) is 0 Å². The monoisotopic (exact) mass is 208 g/mol. The molecule has 0 spiro atoms. The van der Waals surface area contributed by atoms with Crippen molar-refractivity contribution in [3.63, 3.8) is 0 Å². The molecule has 0 aromatic heterocycles. The minimum absolute atomic E-state index is 0.644. The number of allylic oxidation sites excluding steroid dienone is 2. The fourth-order valence-corrected chi connectivity index (χ4v) is 0.408. The van der Waals surface area contributed by atoms with E-state index >= 15 is 0 Å². The first kappa shape index (κ1) is 11.0. The van der Waals surface area contributed by atoms with Crippen molar-refractivity contribution < 1.29 is 19.8 Å². The lowest BCUT2D eigenvalue weighted by Crippen LogP contribution is -2.23. The third kappa shape index (κ3) is 4.00. The largest absolute Gasteiger partial charge is 0.544 e. The third-order valence-electron chi connectivity index (χ3n) is 0.766. The Morgan fingerprint density at radius 1 is 0.917 bits per heavy atom. The summed E-state index contributed by atoms with van der Waals surface area (Å²) in [7, 11) is 0. The second kappa shape index (κ2) is 4.79. The van der Waals surface area contributed by atoms with Gasteiger partial charge in [0.1, 0.15) is 0 Å². The van der Waals surface area contributed by atoms with Crippen LogP contribution in [-0.4, -0.2) is 11.9 Å². The van der Waals surface area contributed by atoms with Gasteiger partial charge in [0.15, 0.2) is 0 Å². The van der Waals surface area contributed by atoms with E-state index in [1.165, 1.54) is 0 Å². The van der Waals surface area contributed by atoms with Gasteiger partial charge in [-0.05, 0) is 12.2 Å². The van der Waals surface area contributed by atoms with Crippen molar-refractivity contribution in [2.45, 2.75) is 0 Å². The predicted octanol–water partition coefficient (Wildman–Crippen LogP) is -1.27. The lowest BCUT2D eigenvalue weighted by molar-refractivity contribution is -0.299. The number of aliphatic carboxylic acids is 2. The number of carbonyl (C=O) groups excluding carboxylic acids is 2. The van der Waals surface area contributed by atoms with E-state index in [-0.39, 0.29) is 0 Å². The Hall–Kier alpha value is -1.00. The van der Waals surface area contributed by atoms with E-state index in [2.05, 4.69) is 0 Å². The van der Waals surface area contributed by atoms with E-state index in [4.69, 9.17) is 23.2 Å². The van der Waals surface area contributed by atoms with Crippen LogP contribution in [0.2, 0.25) is 0 Å². The highest BCUT2D eigenvalue weighted by Gasteiger charge is 1.92. The van der Waals surface area contributed by atoms with Crippen molar-refractivity contribution in [3.05, 3.63) is 22.2 Å². The number of carboxylic acid groups (broad SMARTS) is 2. The Bertz CT molecular complexity index is 239. The second-order valence-corrected chi connectivity index (χ2v) is 2.42. The van der Waals surface area contributed by atoms with Crippen LogP contribution in [0.3, 0.4) is 0 Å². The van der Waals surface area contributed by atoms with Gasteiger partial charge in [-0.25, -0.2) is 0 Å². The molecule has 4 nitrogen and oxygen atoms in total. The van der Waals surface area contributed by atoms with Crippen molar-refractivity contribution in [2.24, 2.45) is 0 Å². The number of halogens is 2. The van der Waals surface area contributed by atoms with E-state index in [9.17, 15) is 19.8 Å². The van der Waals surface area contributed by atoms with Gasteiger partial charge in [-0.15, -0.1) is 0 Å². The van der Waals surface area contributed by atoms with Crippen molar-refractivity contribution >= 4 is 35.1 Å². The van der Waals surface area contributed by atoms with E-state index in [1.54, 1.807) is 0 Å². The molecule has 0 fully saturated rings. The number of hydrogen-bond acceptors (Lipinski definition) is 4. The molecule has 0 radical (unpaired) electrons. The Morgan fingerprint density at radius 2 is 1.17 bits per heavy atom. The van der Waals surface area contributed by atoms with E-state index < -0.39 is 22.0 Å². The fourth-order valence-electron chi connectivity index (χ4n) is 0.282.